The Morgan fingerprint density at radius 3 is 2.78 bits per heavy atom. The first-order valence-corrected chi connectivity index (χ1v) is 6.44. The van der Waals surface area contributed by atoms with Gasteiger partial charge in [-0.2, -0.15) is 9.98 Å². The van der Waals surface area contributed by atoms with E-state index >= 15 is 0 Å². The number of hydrogen-bond donors (Lipinski definition) is 2. The van der Waals surface area contributed by atoms with Gasteiger partial charge in [0.05, 0.1) is 12.5 Å². The number of ether oxygens (including phenoxy) is 2. The number of aliphatic imine (C=N–C) groups is 1. The van der Waals surface area contributed by atoms with Crippen LogP contribution < -0.4 is 15.8 Å². The van der Waals surface area contributed by atoms with E-state index in [1.807, 2.05) is 0 Å². The highest BCUT2D eigenvalue weighted by molar-refractivity contribution is 5.88. The fourth-order valence-corrected chi connectivity index (χ4v) is 1.52. The van der Waals surface area contributed by atoms with Gasteiger partial charge in [-0.25, -0.2) is 0 Å². The van der Waals surface area contributed by atoms with Crippen LogP contribution in [0.5, 0.6) is 11.8 Å². The number of benzene rings is 1. The highest BCUT2D eigenvalue weighted by atomic mass is 16.5. The summed E-state index contributed by atoms with van der Waals surface area (Å²) < 4.78 is 10.2. The monoisotopic (exact) mass is 314 g/mol. The zero-order valence-corrected chi connectivity index (χ0v) is 12.3. The fourth-order valence-electron chi connectivity index (χ4n) is 1.52. The van der Waals surface area contributed by atoms with Crippen molar-refractivity contribution >= 4 is 23.4 Å². The predicted molar refractivity (Wildman–Crippen MR) is 83.2 cm³/mol. The largest absolute Gasteiger partial charge is 0.435 e. The van der Waals surface area contributed by atoms with E-state index in [1.54, 1.807) is 24.3 Å². The van der Waals surface area contributed by atoms with Gasteiger partial charge in [0, 0.05) is 12.6 Å². The molecule has 2 rings (SSSR count). The lowest BCUT2D eigenvalue weighted by Crippen LogP contribution is -2.12. The molecule has 1 aromatic carbocycles. The highest BCUT2D eigenvalue weighted by Gasteiger charge is 2.04. The summed E-state index contributed by atoms with van der Waals surface area (Å²) in [5, 5.41) is 10.1. The minimum atomic E-state index is -0.156. The van der Waals surface area contributed by atoms with E-state index in [9.17, 15) is 4.79 Å². The minimum Gasteiger partial charge on any atom is -0.435 e. The molecule has 0 aliphatic rings. The summed E-state index contributed by atoms with van der Waals surface area (Å²) in [6.45, 7) is 4.79. The molecule has 0 aliphatic carbocycles. The number of amides is 1. The van der Waals surface area contributed by atoms with Crippen LogP contribution in [0.15, 0.2) is 48.3 Å². The van der Waals surface area contributed by atoms with Crippen LogP contribution in [0.4, 0.5) is 11.5 Å². The predicted octanol–water partition coefficient (Wildman–Crippen LogP) is 1.73. The lowest BCUT2D eigenvalue weighted by Gasteiger charge is -2.05. The van der Waals surface area contributed by atoms with Crippen molar-refractivity contribution in [1.82, 2.24) is 15.2 Å². The summed E-state index contributed by atoms with van der Waals surface area (Å²) in [7, 11) is 0. The van der Waals surface area contributed by atoms with Crippen molar-refractivity contribution in [2.75, 3.05) is 5.32 Å². The second kappa shape index (κ2) is 7.50. The third-order valence-corrected chi connectivity index (χ3v) is 2.34. The molecule has 1 aromatic heterocycles. The van der Waals surface area contributed by atoms with Gasteiger partial charge >= 0.3 is 6.01 Å². The van der Waals surface area contributed by atoms with E-state index in [0.717, 1.165) is 6.26 Å². The van der Waals surface area contributed by atoms with E-state index in [0.29, 0.717) is 11.4 Å². The van der Waals surface area contributed by atoms with Crippen LogP contribution in [0.3, 0.4) is 0 Å². The summed E-state index contributed by atoms with van der Waals surface area (Å²) in [5.41, 5.74) is 6.12. The Morgan fingerprint density at radius 1 is 1.39 bits per heavy atom. The van der Waals surface area contributed by atoms with Gasteiger partial charge in [-0.1, -0.05) is 11.7 Å². The molecule has 0 bridgehead atoms. The van der Waals surface area contributed by atoms with Crippen LogP contribution in [-0.2, 0) is 9.53 Å². The topological polar surface area (TPSA) is 125 Å². The Balaban J connectivity index is 2.09. The summed E-state index contributed by atoms with van der Waals surface area (Å²) in [6, 6.07) is 6.53. The number of anilines is 1. The maximum atomic E-state index is 11.0. The average Bonchev–Trinajstić information content (AvgIpc) is 2.49. The lowest BCUT2D eigenvalue weighted by molar-refractivity contribution is -0.114. The number of aromatic nitrogens is 3. The number of nitrogens with one attached hydrogen (secondary N) is 1. The summed E-state index contributed by atoms with van der Waals surface area (Å²) in [5.74, 6) is 0.484. The fraction of sp³-hybridized carbons (Fsp3) is 0.0714. The first-order chi connectivity index (χ1) is 11.1. The molecule has 0 saturated heterocycles. The van der Waals surface area contributed by atoms with Gasteiger partial charge in [-0.3, -0.25) is 4.79 Å². The third-order valence-electron chi connectivity index (χ3n) is 2.34. The van der Waals surface area contributed by atoms with E-state index in [2.05, 4.69) is 32.1 Å². The maximum absolute atomic E-state index is 11.0. The Kier molecular flexibility index (Phi) is 5.18. The first-order valence-electron chi connectivity index (χ1n) is 6.44. The highest BCUT2D eigenvalue weighted by Crippen LogP contribution is 2.21. The van der Waals surface area contributed by atoms with Crippen molar-refractivity contribution < 1.29 is 14.3 Å². The molecule has 23 heavy (non-hydrogen) atoms. The zero-order chi connectivity index (χ0) is 16.7. The van der Waals surface area contributed by atoms with Gasteiger partial charge in [-0.15, -0.1) is 5.10 Å². The Labute approximate surface area is 131 Å². The molecule has 118 valence electrons. The van der Waals surface area contributed by atoms with E-state index in [-0.39, 0.29) is 23.8 Å². The van der Waals surface area contributed by atoms with Crippen molar-refractivity contribution in [3.8, 4) is 11.8 Å². The van der Waals surface area contributed by atoms with Gasteiger partial charge in [-0.05, 0) is 24.3 Å². The van der Waals surface area contributed by atoms with Crippen molar-refractivity contribution in [1.29, 1.82) is 0 Å². The number of nitrogens with two attached hydrogens (primary N) is 1. The van der Waals surface area contributed by atoms with Crippen LogP contribution in [0.25, 0.3) is 0 Å². The molecule has 9 heteroatoms. The molecule has 0 aliphatic heterocycles. The molecule has 3 N–H and O–H groups in total. The summed E-state index contributed by atoms with van der Waals surface area (Å²) >= 11 is 0. The van der Waals surface area contributed by atoms with Crippen molar-refractivity contribution in [3.63, 3.8) is 0 Å². The smallest absolute Gasteiger partial charge is 0.343 e. The first kappa shape index (κ1) is 15.9. The Morgan fingerprint density at radius 2 is 2.13 bits per heavy atom. The SMILES string of the molecule is C=CO/C(N)=N/c1cnnc(Oc2ccc(NC(C)=O)cc2)n1. The van der Waals surface area contributed by atoms with E-state index < -0.39 is 0 Å². The third kappa shape index (κ3) is 5.08. The normalized spacial score (nSPS) is 10.7. The minimum absolute atomic E-state index is 0.00932. The molecule has 9 nitrogen and oxygen atoms in total. The van der Waals surface area contributed by atoms with E-state index in [1.165, 1.54) is 13.1 Å². The standard InChI is InChI=1S/C14H14N6O3/c1-3-22-13(15)18-12-8-16-20-14(19-12)23-11-6-4-10(5-7-11)17-9(2)21/h3-8H,1H2,2H3,(H,17,21)(H2,15,18,19,20). The van der Waals surface area contributed by atoms with Gasteiger partial charge in [0.1, 0.15) is 5.75 Å². The number of amidine groups is 1. The molecular formula is C14H14N6O3. The number of rotatable bonds is 5. The Hall–Kier alpha value is -3.49. The quantitative estimate of drug-likeness (QED) is 0.489. The van der Waals surface area contributed by atoms with Crippen molar-refractivity contribution in [3.05, 3.63) is 43.3 Å². The van der Waals surface area contributed by atoms with Gasteiger partial charge in [0.15, 0.2) is 5.82 Å². The molecule has 0 fully saturated rings. The number of carbonyl (C=O) groups excluding carboxylic acids is 1. The number of carbonyl (C=O) groups is 1. The summed E-state index contributed by atoms with van der Waals surface area (Å²) in [6.07, 6.45) is 2.44. The van der Waals surface area contributed by atoms with Crippen LogP contribution in [0.2, 0.25) is 0 Å². The Bertz CT molecular complexity index is 730. The molecule has 2 aromatic rings. The average molecular weight is 314 g/mol. The molecular weight excluding hydrogens is 300 g/mol. The van der Waals surface area contributed by atoms with Crippen LogP contribution in [0.1, 0.15) is 6.92 Å². The zero-order valence-electron chi connectivity index (χ0n) is 12.3. The van der Waals surface area contributed by atoms with Gasteiger partial charge in [0.2, 0.25) is 5.91 Å². The summed E-state index contributed by atoms with van der Waals surface area (Å²) in [4.78, 5) is 18.8. The van der Waals surface area contributed by atoms with Crippen LogP contribution in [-0.4, -0.2) is 27.1 Å². The molecule has 1 amide bonds. The molecule has 0 radical (unpaired) electrons. The van der Waals surface area contributed by atoms with Crippen LogP contribution >= 0.6 is 0 Å². The molecule has 0 unspecified atom stereocenters. The van der Waals surface area contributed by atoms with Gasteiger partial charge in [0.25, 0.3) is 6.02 Å². The van der Waals surface area contributed by atoms with E-state index in [4.69, 9.17) is 15.2 Å². The van der Waals surface area contributed by atoms with Crippen LogP contribution in [0, 0.1) is 0 Å². The number of nitrogens with zero attached hydrogens (tertiary/aromatic N) is 4. The van der Waals surface area contributed by atoms with Crippen molar-refractivity contribution in [2.24, 2.45) is 10.7 Å². The van der Waals surface area contributed by atoms with Crippen molar-refractivity contribution in [2.45, 2.75) is 6.92 Å². The molecule has 0 saturated carbocycles. The molecule has 1 heterocycles. The molecule has 0 atom stereocenters. The maximum Gasteiger partial charge on any atom is 0.343 e. The molecule has 0 spiro atoms. The second-order valence-corrected chi connectivity index (χ2v) is 4.14. The lowest BCUT2D eigenvalue weighted by atomic mass is 10.3. The second-order valence-electron chi connectivity index (χ2n) is 4.14. The number of hydrogen-bond acceptors (Lipinski definition) is 7. The van der Waals surface area contributed by atoms with Gasteiger partial charge < -0.3 is 20.5 Å².